The molecular weight excluding hydrogens is 238 g/mol. The minimum Gasteiger partial charge on any atom is -0.469 e. The number of aromatic nitrogens is 2. The molecule has 0 bridgehead atoms. The van der Waals surface area contributed by atoms with Crippen LogP contribution in [0.2, 0.25) is 0 Å². The van der Waals surface area contributed by atoms with Gasteiger partial charge in [-0.25, -0.2) is 0 Å². The molecule has 19 heavy (non-hydrogen) atoms. The molecule has 2 aromatic rings. The fourth-order valence-electron chi connectivity index (χ4n) is 2.28. The number of nitrogens with zero attached hydrogens (tertiary/aromatic N) is 2. The molecule has 0 saturated heterocycles. The van der Waals surface area contributed by atoms with Gasteiger partial charge >= 0.3 is 0 Å². The Morgan fingerprint density at radius 2 is 2.16 bits per heavy atom. The molecule has 0 fully saturated rings. The first-order valence-corrected chi connectivity index (χ1v) is 6.93. The minimum absolute atomic E-state index is 0.263. The highest BCUT2D eigenvalue weighted by Gasteiger charge is 2.17. The van der Waals surface area contributed by atoms with Crippen LogP contribution >= 0.6 is 0 Å². The van der Waals surface area contributed by atoms with Gasteiger partial charge in [-0.05, 0) is 39.4 Å². The molecular formula is C15H23N3O. The number of aryl methyl sites for hydroxylation is 1. The summed E-state index contributed by atoms with van der Waals surface area (Å²) in [7, 11) is 0. The van der Waals surface area contributed by atoms with Crippen molar-refractivity contribution in [1.82, 2.24) is 15.1 Å². The number of likely N-dealkylation sites (N-methyl/N-ethyl adjacent to an activating group) is 1. The van der Waals surface area contributed by atoms with E-state index in [0.717, 1.165) is 24.4 Å². The SMILES string of the molecule is CCNC(Cc1ccn(C(C)C)n1)c1ccoc1C. The first kappa shape index (κ1) is 13.9. The maximum absolute atomic E-state index is 5.41. The van der Waals surface area contributed by atoms with Crippen LogP contribution in [0, 0.1) is 6.92 Å². The van der Waals surface area contributed by atoms with Gasteiger partial charge in [0.2, 0.25) is 0 Å². The van der Waals surface area contributed by atoms with Crippen LogP contribution in [0.25, 0.3) is 0 Å². The minimum atomic E-state index is 0.263. The van der Waals surface area contributed by atoms with Gasteiger partial charge in [-0.3, -0.25) is 4.68 Å². The van der Waals surface area contributed by atoms with Crippen molar-refractivity contribution >= 4 is 0 Å². The molecule has 4 heteroatoms. The Morgan fingerprint density at radius 1 is 1.37 bits per heavy atom. The lowest BCUT2D eigenvalue weighted by molar-refractivity contribution is 0.489. The highest BCUT2D eigenvalue weighted by atomic mass is 16.3. The van der Waals surface area contributed by atoms with Crippen LogP contribution in [-0.4, -0.2) is 16.3 Å². The molecule has 0 spiro atoms. The second-order valence-corrected chi connectivity index (χ2v) is 5.13. The number of rotatable bonds is 6. The summed E-state index contributed by atoms with van der Waals surface area (Å²) < 4.78 is 7.41. The van der Waals surface area contributed by atoms with E-state index >= 15 is 0 Å². The average molecular weight is 261 g/mol. The number of nitrogens with one attached hydrogen (secondary N) is 1. The lowest BCUT2D eigenvalue weighted by Gasteiger charge is -2.16. The number of furan rings is 1. The summed E-state index contributed by atoms with van der Waals surface area (Å²) in [6.07, 6.45) is 4.68. The largest absolute Gasteiger partial charge is 0.469 e. The zero-order chi connectivity index (χ0) is 13.8. The van der Waals surface area contributed by atoms with Crippen molar-refractivity contribution in [2.45, 2.75) is 46.2 Å². The Balaban J connectivity index is 2.14. The Hall–Kier alpha value is -1.55. The third-order valence-electron chi connectivity index (χ3n) is 3.33. The second kappa shape index (κ2) is 6.06. The van der Waals surface area contributed by atoms with Gasteiger partial charge in [0.1, 0.15) is 5.76 Å². The van der Waals surface area contributed by atoms with E-state index in [1.165, 1.54) is 5.56 Å². The maximum atomic E-state index is 5.41. The Labute approximate surface area is 114 Å². The molecule has 0 radical (unpaired) electrons. The molecule has 0 aliphatic rings. The van der Waals surface area contributed by atoms with Gasteiger partial charge in [0.05, 0.1) is 12.0 Å². The van der Waals surface area contributed by atoms with Crippen molar-refractivity contribution < 1.29 is 4.42 Å². The van der Waals surface area contributed by atoms with Gasteiger partial charge in [0.15, 0.2) is 0 Å². The molecule has 0 saturated carbocycles. The Kier molecular flexibility index (Phi) is 4.43. The average Bonchev–Trinajstić information content (AvgIpc) is 2.97. The van der Waals surface area contributed by atoms with Gasteiger partial charge < -0.3 is 9.73 Å². The zero-order valence-corrected chi connectivity index (χ0v) is 12.2. The van der Waals surface area contributed by atoms with E-state index in [0.29, 0.717) is 6.04 Å². The van der Waals surface area contributed by atoms with Crippen molar-refractivity contribution in [2.75, 3.05) is 6.54 Å². The first-order chi connectivity index (χ1) is 9.11. The number of hydrogen-bond donors (Lipinski definition) is 1. The quantitative estimate of drug-likeness (QED) is 0.868. The lowest BCUT2D eigenvalue weighted by Crippen LogP contribution is -2.23. The first-order valence-electron chi connectivity index (χ1n) is 6.93. The van der Waals surface area contributed by atoms with Crippen molar-refractivity contribution in [3.63, 3.8) is 0 Å². The third-order valence-corrected chi connectivity index (χ3v) is 3.33. The highest BCUT2D eigenvalue weighted by Crippen LogP contribution is 2.22. The predicted molar refractivity (Wildman–Crippen MR) is 76.2 cm³/mol. The van der Waals surface area contributed by atoms with Crippen molar-refractivity contribution in [1.29, 1.82) is 0 Å². The van der Waals surface area contributed by atoms with Crippen molar-refractivity contribution in [2.24, 2.45) is 0 Å². The van der Waals surface area contributed by atoms with E-state index in [1.807, 2.05) is 23.9 Å². The molecule has 2 rings (SSSR count). The van der Waals surface area contributed by atoms with E-state index in [4.69, 9.17) is 4.42 Å². The molecule has 1 N–H and O–H groups in total. The molecule has 4 nitrogen and oxygen atoms in total. The molecule has 0 amide bonds. The fraction of sp³-hybridized carbons (Fsp3) is 0.533. The Bertz CT molecular complexity index is 513. The summed E-state index contributed by atoms with van der Waals surface area (Å²) in [6.45, 7) is 9.33. The van der Waals surface area contributed by atoms with E-state index in [2.05, 4.69) is 37.3 Å². The van der Waals surface area contributed by atoms with Gasteiger partial charge in [0.25, 0.3) is 0 Å². The van der Waals surface area contributed by atoms with Crippen LogP contribution in [0.3, 0.4) is 0 Å². The highest BCUT2D eigenvalue weighted by molar-refractivity contribution is 5.22. The number of hydrogen-bond acceptors (Lipinski definition) is 3. The van der Waals surface area contributed by atoms with E-state index in [-0.39, 0.29) is 6.04 Å². The molecule has 1 unspecified atom stereocenters. The topological polar surface area (TPSA) is 43.0 Å². The third kappa shape index (κ3) is 3.26. The molecule has 0 aromatic carbocycles. The fourth-order valence-corrected chi connectivity index (χ4v) is 2.28. The molecule has 1 atom stereocenters. The summed E-state index contributed by atoms with van der Waals surface area (Å²) in [5.74, 6) is 0.981. The van der Waals surface area contributed by atoms with Crippen LogP contribution in [0.5, 0.6) is 0 Å². The van der Waals surface area contributed by atoms with Gasteiger partial charge in [-0.2, -0.15) is 5.10 Å². The van der Waals surface area contributed by atoms with Crippen LogP contribution < -0.4 is 5.32 Å². The second-order valence-electron chi connectivity index (χ2n) is 5.13. The van der Waals surface area contributed by atoms with Crippen LogP contribution in [0.1, 0.15) is 49.9 Å². The molecule has 104 valence electrons. The smallest absolute Gasteiger partial charge is 0.105 e. The van der Waals surface area contributed by atoms with Crippen LogP contribution in [0.15, 0.2) is 29.0 Å². The maximum Gasteiger partial charge on any atom is 0.105 e. The normalized spacial score (nSPS) is 13.1. The Morgan fingerprint density at radius 3 is 2.68 bits per heavy atom. The summed E-state index contributed by atoms with van der Waals surface area (Å²) in [5.41, 5.74) is 2.33. The molecule has 2 heterocycles. The standard InChI is InChI=1S/C15H23N3O/c1-5-16-15(14-7-9-19-12(14)4)10-13-6-8-18(17-13)11(2)3/h6-9,11,15-16H,5,10H2,1-4H3. The van der Waals surface area contributed by atoms with E-state index in [9.17, 15) is 0 Å². The molecule has 0 aliphatic carbocycles. The van der Waals surface area contributed by atoms with Crippen molar-refractivity contribution in [3.05, 3.63) is 41.6 Å². The molecule has 0 aliphatic heterocycles. The monoisotopic (exact) mass is 261 g/mol. The predicted octanol–water partition coefficient (Wildman–Crippen LogP) is 3.26. The van der Waals surface area contributed by atoms with Crippen LogP contribution in [0.4, 0.5) is 0 Å². The molecule has 2 aromatic heterocycles. The van der Waals surface area contributed by atoms with E-state index in [1.54, 1.807) is 6.26 Å². The van der Waals surface area contributed by atoms with Crippen LogP contribution in [-0.2, 0) is 6.42 Å². The van der Waals surface area contributed by atoms with Gasteiger partial charge in [0, 0.05) is 30.3 Å². The summed E-state index contributed by atoms with van der Waals surface area (Å²) in [4.78, 5) is 0. The summed E-state index contributed by atoms with van der Waals surface area (Å²) in [5, 5.41) is 8.12. The van der Waals surface area contributed by atoms with Gasteiger partial charge in [-0.15, -0.1) is 0 Å². The summed E-state index contributed by atoms with van der Waals surface area (Å²) in [6, 6.07) is 4.81. The van der Waals surface area contributed by atoms with E-state index < -0.39 is 0 Å². The zero-order valence-electron chi connectivity index (χ0n) is 12.2. The van der Waals surface area contributed by atoms with Crippen molar-refractivity contribution in [3.8, 4) is 0 Å². The summed E-state index contributed by atoms with van der Waals surface area (Å²) >= 11 is 0. The lowest BCUT2D eigenvalue weighted by atomic mass is 10.0. The van der Waals surface area contributed by atoms with Gasteiger partial charge in [-0.1, -0.05) is 6.92 Å².